The van der Waals surface area contributed by atoms with Gasteiger partial charge in [0.25, 0.3) is 0 Å². The molecule has 0 aromatic heterocycles. The molecule has 0 radical (unpaired) electrons. The van der Waals surface area contributed by atoms with Crippen LogP contribution in [0.15, 0.2) is 0 Å². The van der Waals surface area contributed by atoms with Gasteiger partial charge in [-0.3, -0.25) is 0 Å². The minimum Gasteiger partial charge on any atom is -0.316 e. The molecular formula is C7H14N2. The van der Waals surface area contributed by atoms with E-state index in [9.17, 15) is 0 Å². The quantitative estimate of drug-likeness (QED) is 0.615. The van der Waals surface area contributed by atoms with Crippen molar-refractivity contribution in [2.24, 2.45) is 5.92 Å². The van der Waals surface area contributed by atoms with Gasteiger partial charge in [-0.1, -0.05) is 13.8 Å². The second-order valence-electron chi connectivity index (χ2n) is 2.50. The molecule has 0 saturated heterocycles. The van der Waals surface area contributed by atoms with Crippen molar-refractivity contribution < 1.29 is 0 Å². The first-order valence-electron chi connectivity index (χ1n) is 3.26. The molecule has 0 fully saturated rings. The number of hydrogen-bond acceptors (Lipinski definition) is 2. The van der Waals surface area contributed by atoms with Gasteiger partial charge in [-0.25, -0.2) is 0 Å². The highest BCUT2D eigenvalue weighted by Crippen LogP contribution is 2.03. The first-order chi connectivity index (χ1) is 4.22. The maximum absolute atomic E-state index is 8.33. The summed E-state index contributed by atoms with van der Waals surface area (Å²) in [5.41, 5.74) is 0. The number of rotatable bonds is 3. The molecule has 0 aliphatic heterocycles. The molecule has 2 nitrogen and oxygen atoms in total. The van der Waals surface area contributed by atoms with Crippen LogP contribution in [0.25, 0.3) is 0 Å². The van der Waals surface area contributed by atoms with Crippen molar-refractivity contribution >= 4 is 0 Å². The van der Waals surface area contributed by atoms with Gasteiger partial charge in [-0.05, 0) is 13.0 Å². The molecule has 0 spiro atoms. The molecule has 0 bridgehead atoms. The molecule has 0 aliphatic rings. The third-order valence-corrected chi connectivity index (χ3v) is 1.49. The molecule has 2 heteroatoms. The van der Waals surface area contributed by atoms with Gasteiger partial charge >= 0.3 is 0 Å². The van der Waals surface area contributed by atoms with Crippen LogP contribution in [-0.4, -0.2) is 13.1 Å². The van der Waals surface area contributed by atoms with Gasteiger partial charge in [0.1, 0.15) is 0 Å². The normalized spacial score (nSPS) is 13.2. The van der Waals surface area contributed by atoms with E-state index in [1.165, 1.54) is 0 Å². The van der Waals surface area contributed by atoms with Crippen LogP contribution in [-0.2, 0) is 0 Å². The second kappa shape index (κ2) is 4.34. The summed E-state index contributed by atoms with van der Waals surface area (Å²) >= 11 is 0. The minimum absolute atomic E-state index is 0.356. The Morgan fingerprint density at radius 2 is 2.11 bits per heavy atom. The van der Waals surface area contributed by atoms with Crippen LogP contribution in [0, 0.1) is 17.2 Å². The standard InChI is InChI=1S/C7H14N2/c1-6(2)7(9-3)4-5-8/h6-7,9H,4H2,1-3H3/t7-/m1/s1. The van der Waals surface area contributed by atoms with E-state index in [0.29, 0.717) is 18.4 Å². The second-order valence-corrected chi connectivity index (χ2v) is 2.50. The Morgan fingerprint density at radius 3 is 2.22 bits per heavy atom. The summed E-state index contributed by atoms with van der Waals surface area (Å²) in [5, 5.41) is 11.4. The molecule has 9 heavy (non-hydrogen) atoms. The van der Waals surface area contributed by atoms with Crippen molar-refractivity contribution in [3.05, 3.63) is 0 Å². The third kappa shape index (κ3) is 3.10. The minimum atomic E-state index is 0.356. The Balaban J connectivity index is 3.57. The van der Waals surface area contributed by atoms with Gasteiger partial charge in [0.15, 0.2) is 0 Å². The van der Waals surface area contributed by atoms with Crippen molar-refractivity contribution in [1.82, 2.24) is 5.32 Å². The lowest BCUT2D eigenvalue weighted by atomic mass is 10.0. The molecule has 0 aromatic carbocycles. The van der Waals surface area contributed by atoms with Crippen LogP contribution < -0.4 is 5.32 Å². The number of hydrogen-bond donors (Lipinski definition) is 1. The number of nitrogens with zero attached hydrogens (tertiary/aromatic N) is 1. The zero-order chi connectivity index (χ0) is 7.28. The number of nitriles is 1. The molecule has 0 aliphatic carbocycles. The van der Waals surface area contributed by atoms with E-state index in [-0.39, 0.29) is 0 Å². The lowest BCUT2D eigenvalue weighted by Gasteiger charge is -2.15. The predicted molar refractivity (Wildman–Crippen MR) is 37.9 cm³/mol. The Morgan fingerprint density at radius 1 is 1.56 bits per heavy atom. The van der Waals surface area contributed by atoms with Crippen molar-refractivity contribution in [3.8, 4) is 6.07 Å². The maximum atomic E-state index is 8.33. The summed E-state index contributed by atoms with van der Waals surface area (Å²) in [6.45, 7) is 4.22. The fourth-order valence-electron chi connectivity index (χ4n) is 0.769. The Hall–Kier alpha value is -0.550. The van der Waals surface area contributed by atoms with E-state index in [4.69, 9.17) is 5.26 Å². The van der Waals surface area contributed by atoms with Crippen LogP contribution in [0.2, 0.25) is 0 Å². The fraction of sp³-hybridized carbons (Fsp3) is 0.857. The molecule has 0 rings (SSSR count). The summed E-state index contributed by atoms with van der Waals surface area (Å²) in [4.78, 5) is 0. The zero-order valence-corrected chi connectivity index (χ0v) is 6.31. The molecule has 0 unspecified atom stereocenters. The summed E-state index contributed by atoms with van der Waals surface area (Å²) in [7, 11) is 1.89. The van der Waals surface area contributed by atoms with Gasteiger partial charge in [0.05, 0.1) is 12.5 Å². The van der Waals surface area contributed by atoms with E-state index in [1.807, 2.05) is 7.05 Å². The molecule has 1 atom stereocenters. The van der Waals surface area contributed by atoms with Gasteiger partial charge in [-0.15, -0.1) is 0 Å². The first-order valence-corrected chi connectivity index (χ1v) is 3.26. The van der Waals surface area contributed by atoms with Gasteiger partial charge < -0.3 is 5.32 Å². The van der Waals surface area contributed by atoms with Gasteiger partial charge in [0.2, 0.25) is 0 Å². The highest BCUT2D eigenvalue weighted by molar-refractivity contribution is 4.81. The average Bonchev–Trinajstić information content (AvgIpc) is 1.82. The highest BCUT2D eigenvalue weighted by Gasteiger charge is 2.08. The number of nitrogens with one attached hydrogen (secondary N) is 1. The highest BCUT2D eigenvalue weighted by atomic mass is 14.9. The molecule has 0 heterocycles. The lowest BCUT2D eigenvalue weighted by Crippen LogP contribution is -2.29. The van der Waals surface area contributed by atoms with Crippen LogP contribution >= 0.6 is 0 Å². The van der Waals surface area contributed by atoms with E-state index in [1.54, 1.807) is 0 Å². The summed E-state index contributed by atoms with van der Waals surface area (Å²) in [6.07, 6.45) is 0.605. The predicted octanol–water partition coefficient (Wildman–Crippen LogP) is 1.14. The Labute approximate surface area is 56.9 Å². The third-order valence-electron chi connectivity index (χ3n) is 1.49. The SMILES string of the molecule is CN[C@H](CC#N)C(C)C. The zero-order valence-electron chi connectivity index (χ0n) is 6.31. The van der Waals surface area contributed by atoms with Crippen molar-refractivity contribution in [2.75, 3.05) is 7.05 Å². The van der Waals surface area contributed by atoms with E-state index >= 15 is 0 Å². The van der Waals surface area contributed by atoms with Gasteiger partial charge in [0, 0.05) is 6.04 Å². The van der Waals surface area contributed by atoms with E-state index < -0.39 is 0 Å². The molecule has 52 valence electrons. The van der Waals surface area contributed by atoms with Crippen molar-refractivity contribution in [1.29, 1.82) is 5.26 Å². The van der Waals surface area contributed by atoms with Crippen LogP contribution in [0.1, 0.15) is 20.3 Å². The van der Waals surface area contributed by atoms with E-state index in [2.05, 4.69) is 25.2 Å². The monoisotopic (exact) mass is 126 g/mol. The molecular weight excluding hydrogens is 112 g/mol. The fourth-order valence-corrected chi connectivity index (χ4v) is 0.769. The van der Waals surface area contributed by atoms with Crippen molar-refractivity contribution in [3.63, 3.8) is 0 Å². The van der Waals surface area contributed by atoms with E-state index in [0.717, 1.165) is 0 Å². The average molecular weight is 126 g/mol. The largest absolute Gasteiger partial charge is 0.316 e. The molecule has 1 N–H and O–H groups in total. The summed E-state index contributed by atoms with van der Waals surface area (Å²) in [5.74, 6) is 0.551. The molecule has 0 amide bonds. The smallest absolute Gasteiger partial charge is 0.0638 e. The summed E-state index contributed by atoms with van der Waals surface area (Å²) in [6, 6.07) is 2.49. The topological polar surface area (TPSA) is 35.8 Å². The first kappa shape index (κ1) is 8.45. The maximum Gasteiger partial charge on any atom is 0.0638 e. The van der Waals surface area contributed by atoms with Crippen LogP contribution in [0.4, 0.5) is 0 Å². The Kier molecular flexibility index (Phi) is 4.08. The van der Waals surface area contributed by atoms with Crippen LogP contribution in [0.3, 0.4) is 0 Å². The Bertz CT molecular complexity index is 102. The van der Waals surface area contributed by atoms with Gasteiger partial charge in [-0.2, -0.15) is 5.26 Å². The molecule has 0 aromatic rings. The molecule has 0 saturated carbocycles. The van der Waals surface area contributed by atoms with Crippen molar-refractivity contribution in [2.45, 2.75) is 26.3 Å². The lowest BCUT2D eigenvalue weighted by molar-refractivity contribution is 0.433. The summed E-state index contributed by atoms with van der Waals surface area (Å²) < 4.78 is 0. The van der Waals surface area contributed by atoms with Crippen LogP contribution in [0.5, 0.6) is 0 Å².